The molecular formula is C15H10O6. The Morgan fingerprint density at radius 2 is 1.71 bits per heavy atom. The van der Waals surface area contributed by atoms with Crippen molar-refractivity contribution in [2.45, 2.75) is 12.8 Å². The van der Waals surface area contributed by atoms with Gasteiger partial charge in [0.1, 0.15) is 17.2 Å². The van der Waals surface area contributed by atoms with Crippen LogP contribution in [-0.4, -0.2) is 27.6 Å². The molecule has 0 fully saturated rings. The molecule has 0 bridgehead atoms. The predicted octanol–water partition coefficient (Wildman–Crippen LogP) is 0.954. The first-order chi connectivity index (χ1) is 9.95. The van der Waals surface area contributed by atoms with E-state index in [0.717, 1.165) is 12.1 Å². The molecule has 2 N–H and O–H groups in total. The number of phenolic OH excluding ortho intramolecular Hbond substituents is 2. The van der Waals surface area contributed by atoms with Crippen LogP contribution in [0.15, 0.2) is 35.6 Å². The molecule has 0 radical (unpaired) electrons. The van der Waals surface area contributed by atoms with Crippen molar-refractivity contribution < 1.29 is 29.3 Å². The van der Waals surface area contributed by atoms with Crippen molar-refractivity contribution in [2.24, 2.45) is 0 Å². The molecule has 0 atom stereocenters. The molecule has 0 spiro atoms. The van der Waals surface area contributed by atoms with Crippen LogP contribution in [0.2, 0.25) is 0 Å². The number of ether oxygens (including phenoxy) is 1. The minimum atomic E-state index is -0.613. The number of carbonyl (C=O) groups excluding carboxylic acids is 3. The van der Waals surface area contributed by atoms with Crippen molar-refractivity contribution in [3.05, 3.63) is 41.2 Å². The van der Waals surface area contributed by atoms with E-state index in [1.165, 1.54) is 12.1 Å². The van der Waals surface area contributed by atoms with E-state index in [-0.39, 0.29) is 41.4 Å². The lowest BCUT2D eigenvalue weighted by Crippen LogP contribution is -2.23. The maximum atomic E-state index is 12.1. The van der Waals surface area contributed by atoms with Crippen molar-refractivity contribution in [1.82, 2.24) is 0 Å². The topological polar surface area (TPSA) is 101 Å². The highest BCUT2D eigenvalue weighted by molar-refractivity contribution is 6.43. The molecule has 1 aliphatic heterocycles. The van der Waals surface area contributed by atoms with Crippen LogP contribution in [0.4, 0.5) is 0 Å². The summed E-state index contributed by atoms with van der Waals surface area (Å²) in [5, 5.41) is 19.2. The van der Waals surface area contributed by atoms with E-state index >= 15 is 0 Å². The quantitative estimate of drug-likeness (QED) is 0.544. The number of aromatic hydroxyl groups is 2. The van der Waals surface area contributed by atoms with Crippen molar-refractivity contribution in [2.75, 3.05) is 0 Å². The van der Waals surface area contributed by atoms with Crippen molar-refractivity contribution in [3.63, 3.8) is 0 Å². The summed E-state index contributed by atoms with van der Waals surface area (Å²) in [6.07, 6.45) is 2.18. The second-order valence-corrected chi connectivity index (χ2v) is 4.80. The highest BCUT2D eigenvalue weighted by Crippen LogP contribution is 2.38. The number of allylic oxidation sites excluding steroid dienone is 4. The highest BCUT2D eigenvalue weighted by atomic mass is 16.5. The van der Waals surface area contributed by atoms with Gasteiger partial charge in [-0.25, -0.2) is 0 Å². The zero-order valence-electron chi connectivity index (χ0n) is 10.8. The molecule has 3 rings (SSSR count). The van der Waals surface area contributed by atoms with E-state index in [9.17, 15) is 24.6 Å². The molecule has 0 unspecified atom stereocenters. The van der Waals surface area contributed by atoms with Crippen LogP contribution >= 0.6 is 0 Å². The maximum absolute atomic E-state index is 12.1. The zero-order chi connectivity index (χ0) is 15.1. The molecule has 0 saturated carbocycles. The second kappa shape index (κ2) is 4.59. The number of phenols is 2. The molecule has 1 aromatic rings. The van der Waals surface area contributed by atoms with Gasteiger partial charge in [0.2, 0.25) is 17.3 Å². The molecule has 1 aromatic carbocycles. The Bertz CT molecular complexity index is 754. The third kappa shape index (κ3) is 2.20. The molecule has 21 heavy (non-hydrogen) atoms. The lowest BCUT2D eigenvalue weighted by atomic mass is 9.94. The molecule has 0 saturated heterocycles. The standard InChI is InChI=1S/C15H10O6/c16-8-4-11(18)9-6-13(20)15(21-14(9)5-8)7-1-2-10(17)12(19)3-7/h1-2,4-5,16,18H,3,6H2. The number of benzene rings is 1. The SMILES string of the molecule is O=C1C=CC(=C2Oc3cc(O)cc(O)c3CC2=O)CC1=O. The Kier molecular flexibility index (Phi) is 2.86. The van der Waals surface area contributed by atoms with Crippen LogP contribution in [0.5, 0.6) is 17.2 Å². The fourth-order valence-electron chi connectivity index (χ4n) is 2.28. The average molecular weight is 286 g/mol. The first-order valence-corrected chi connectivity index (χ1v) is 6.20. The van der Waals surface area contributed by atoms with Crippen LogP contribution in [0, 0.1) is 0 Å². The minimum absolute atomic E-state index is 0.0374. The van der Waals surface area contributed by atoms with Crippen LogP contribution in [0.25, 0.3) is 0 Å². The summed E-state index contributed by atoms with van der Waals surface area (Å²) in [7, 11) is 0. The monoisotopic (exact) mass is 286 g/mol. The van der Waals surface area contributed by atoms with Crippen molar-refractivity contribution in [1.29, 1.82) is 0 Å². The van der Waals surface area contributed by atoms with Crippen molar-refractivity contribution >= 4 is 17.3 Å². The van der Waals surface area contributed by atoms with Gasteiger partial charge < -0.3 is 14.9 Å². The first-order valence-electron chi connectivity index (χ1n) is 6.20. The normalized spacial score (nSPS) is 21.2. The fraction of sp³-hybridized carbons (Fsp3) is 0.133. The Morgan fingerprint density at radius 3 is 2.43 bits per heavy atom. The van der Waals surface area contributed by atoms with Crippen molar-refractivity contribution in [3.8, 4) is 17.2 Å². The van der Waals surface area contributed by atoms with Gasteiger partial charge in [0, 0.05) is 36.1 Å². The molecule has 6 nitrogen and oxygen atoms in total. The summed E-state index contributed by atoms with van der Waals surface area (Å²) >= 11 is 0. The predicted molar refractivity (Wildman–Crippen MR) is 69.9 cm³/mol. The van der Waals surface area contributed by atoms with Gasteiger partial charge in [0.25, 0.3) is 0 Å². The average Bonchev–Trinajstić information content (AvgIpc) is 2.42. The summed E-state index contributed by atoms with van der Waals surface area (Å²) in [5.74, 6) is -1.93. The minimum Gasteiger partial charge on any atom is -0.508 e. The molecule has 2 aliphatic rings. The second-order valence-electron chi connectivity index (χ2n) is 4.80. The van der Waals surface area contributed by atoms with Gasteiger partial charge in [-0.05, 0) is 6.08 Å². The van der Waals surface area contributed by atoms with E-state index < -0.39 is 17.3 Å². The first kappa shape index (κ1) is 13.1. The number of ketones is 3. The summed E-state index contributed by atoms with van der Waals surface area (Å²) in [5.41, 5.74) is 0.599. The number of hydrogen-bond donors (Lipinski definition) is 2. The van der Waals surface area contributed by atoms with Crippen LogP contribution in [-0.2, 0) is 20.8 Å². The maximum Gasteiger partial charge on any atom is 0.221 e. The molecule has 0 aromatic heterocycles. The van der Waals surface area contributed by atoms with Gasteiger partial charge >= 0.3 is 0 Å². The van der Waals surface area contributed by atoms with Gasteiger partial charge in [0.15, 0.2) is 5.76 Å². The molecule has 6 heteroatoms. The summed E-state index contributed by atoms with van der Waals surface area (Å²) in [6.45, 7) is 0. The van der Waals surface area contributed by atoms with E-state index in [0.29, 0.717) is 5.57 Å². The highest BCUT2D eigenvalue weighted by Gasteiger charge is 2.30. The molecule has 1 aliphatic carbocycles. The Hall–Kier alpha value is -2.89. The number of rotatable bonds is 0. The van der Waals surface area contributed by atoms with Gasteiger partial charge in [-0.3, -0.25) is 14.4 Å². The fourth-order valence-corrected chi connectivity index (χ4v) is 2.28. The van der Waals surface area contributed by atoms with Gasteiger partial charge in [-0.1, -0.05) is 6.08 Å². The largest absolute Gasteiger partial charge is 0.508 e. The van der Waals surface area contributed by atoms with E-state index in [2.05, 4.69) is 0 Å². The smallest absolute Gasteiger partial charge is 0.221 e. The summed E-state index contributed by atoms with van der Waals surface area (Å²) in [4.78, 5) is 34.7. The van der Waals surface area contributed by atoms with Gasteiger partial charge in [0.05, 0.1) is 0 Å². The van der Waals surface area contributed by atoms with Crippen LogP contribution < -0.4 is 4.74 Å². The number of Topliss-reactive ketones (excluding diaryl/α,β-unsaturated/α-hetero) is 2. The summed E-state index contributed by atoms with van der Waals surface area (Å²) < 4.78 is 5.42. The molecule has 0 amide bonds. The lowest BCUT2D eigenvalue weighted by Gasteiger charge is -2.22. The number of fused-ring (bicyclic) bond motifs is 1. The Balaban J connectivity index is 2.07. The van der Waals surface area contributed by atoms with Crippen LogP contribution in [0.3, 0.4) is 0 Å². The molecule has 1 heterocycles. The van der Waals surface area contributed by atoms with E-state index in [1.807, 2.05) is 0 Å². The Morgan fingerprint density at radius 1 is 0.952 bits per heavy atom. The number of hydrogen-bond acceptors (Lipinski definition) is 6. The zero-order valence-corrected chi connectivity index (χ0v) is 10.8. The third-order valence-corrected chi connectivity index (χ3v) is 3.33. The van der Waals surface area contributed by atoms with Crippen LogP contribution in [0.1, 0.15) is 12.0 Å². The third-order valence-electron chi connectivity index (χ3n) is 3.33. The van der Waals surface area contributed by atoms with Gasteiger partial charge in [-0.2, -0.15) is 0 Å². The van der Waals surface area contributed by atoms with E-state index in [1.54, 1.807) is 0 Å². The van der Waals surface area contributed by atoms with Gasteiger partial charge in [-0.15, -0.1) is 0 Å². The lowest BCUT2D eigenvalue weighted by molar-refractivity contribution is -0.133. The molecule has 106 valence electrons. The molecular weight excluding hydrogens is 276 g/mol. The summed E-state index contributed by atoms with van der Waals surface area (Å²) in [6, 6.07) is 2.40. The number of carbonyl (C=O) groups is 3. The Labute approximate surface area is 119 Å². The van der Waals surface area contributed by atoms with E-state index in [4.69, 9.17) is 4.74 Å².